The van der Waals surface area contributed by atoms with Crippen molar-refractivity contribution in [2.75, 3.05) is 19.7 Å². The van der Waals surface area contributed by atoms with Crippen molar-refractivity contribution in [3.63, 3.8) is 0 Å². The van der Waals surface area contributed by atoms with Crippen molar-refractivity contribution in [1.29, 1.82) is 0 Å². The van der Waals surface area contributed by atoms with Gasteiger partial charge in [0.2, 0.25) is 0 Å². The number of fused-ring (bicyclic) bond motifs is 1. The van der Waals surface area contributed by atoms with Crippen molar-refractivity contribution in [2.24, 2.45) is 0 Å². The summed E-state index contributed by atoms with van der Waals surface area (Å²) >= 11 is 0. The number of hydrogen-bond acceptors (Lipinski definition) is 6. The fourth-order valence-corrected chi connectivity index (χ4v) is 4.61. The molecule has 0 radical (unpaired) electrons. The molecule has 1 atom stereocenters. The fourth-order valence-electron chi connectivity index (χ4n) is 4.61. The van der Waals surface area contributed by atoms with Gasteiger partial charge in [0.15, 0.2) is 16.8 Å². The van der Waals surface area contributed by atoms with Gasteiger partial charge in [-0.25, -0.2) is 4.79 Å². The minimum absolute atomic E-state index is 0. The Bertz CT molecular complexity index is 1610. The van der Waals surface area contributed by atoms with E-state index < -0.39 is 12.1 Å². The SMILES string of the molecule is Cl.O=C(OC(CNCCCCc1ccccc1)COc1cccc2c(=O)cc(-c3ccccc3)oc12)c1ccccc1. The average molecular weight is 584 g/mol. The third-order valence-corrected chi connectivity index (χ3v) is 6.77. The van der Waals surface area contributed by atoms with Gasteiger partial charge in [-0.3, -0.25) is 4.79 Å². The quantitative estimate of drug-likeness (QED) is 0.118. The van der Waals surface area contributed by atoms with Crippen LogP contribution in [0.15, 0.2) is 124 Å². The highest BCUT2D eigenvalue weighted by molar-refractivity contribution is 5.89. The summed E-state index contributed by atoms with van der Waals surface area (Å²) in [4.78, 5) is 25.7. The highest BCUT2D eigenvalue weighted by Gasteiger charge is 2.19. The maximum absolute atomic E-state index is 12.9. The summed E-state index contributed by atoms with van der Waals surface area (Å²) in [5.74, 6) is 0.463. The van der Waals surface area contributed by atoms with Crippen LogP contribution in [0.25, 0.3) is 22.3 Å². The smallest absolute Gasteiger partial charge is 0.338 e. The summed E-state index contributed by atoms with van der Waals surface area (Å²) < 4.78 is 18.2. The van der Waals surface area contributed by atoms with E-state index in [4.69, 9.17) is 13.9 Å². The van der Waals surface area contributed by atoms with Crippen LogP contribution >= 0.6 is 12.4 Å². The number of nitrogens with one attached hydrogen (secondary N) is 1. The first kappa shape index (κ1) is 30.6. The molecule has 0 saturated carbocycles. The lowest BCUT2D eigenvalue weighted by Gasteiger charge is -2.20. The fraction of sp³-hybridized carbons (Fsp3) is 0.200. The van der Waals surface area contributed by atoms with Crippen LogP contribution < -0.4 is 15.5 Å². The molecule has 1 N–H and O–H groups in total. The maximum atomic E-state index is 12.9. The molecule has 0 aliphatic carbocycles. The van der Waals surface area contributed by atoms with E-state index >= 15 is 0 Å². The molecule has 5 rings (SSSR count). The molecule has 0 saturated heterocycles. The van der Waals surface area contributed by atoms with Crippen LogP contribution in [0.3, 0.4) is 0 Å². The third-order valence-electron chi connectivity index (χ3n) is 6.77. The number of hydrogen-bond donors (Lipinski definition) is 1. The molecule has 42 heavy (non-hydrogen) atoms. The second-order valence-electron chi connectivity index (χ2n) is 9.82. The zero-order valence-corrected chi connectivity index (χ0v) is 24.1. The Morgan fingerprint density at radius 3 is 2.24 bits per heavy atom. The Balaban J connectivity index is 0.00000405. The number of rotatable bonds is 13. The number of aryl methyl sites for hydroxylation is 1. The monoisotopic (exact) mass is 583 g/mol. The van der Waals surface area contributed by atoms with Crippen molar-refractivity contribution in [3.05, 3.63) is 137 Å². The molecular weight excluding hydrogens is 550 g/mol. The highest BCUT2D eigenvalue weighted by Crippen LogP contribution is 2.28. The summed E-state index contributed by atoms with van der Waals surface area (Å²) in [6.07, 6.45) is 2.51. The van der Waals surface area contributed by atoms with Gasteiger partial charge in [-0.1, -0.05) is 84.9 Å². The maximum Gasteiger partial charge on any atom is 0.338 e. The van der Waals surface area contributed by atoms with E-state index in [1.165, 1.54) is 11.6 Å². The largest absolute Gasteiger partial charge is 0.486 e. The van der Waals surface area contributed by atoms with Crippen molar-refractivity contribution >= 4 is 29.3 Å². The topological polar surface area (TPSA) is 77.8 Å². The van der Waals surface area contributed by atoms with Crippen LogP contribution in [-0.2, 0) is 11.2 Å². The molecule has 216 valence electrons. The molecule has 0 aliphatic rings. The molecular formula is C35H34ClNO5. The van der Waals surface area contributed by atoms with E-state index in [9.17, 15) is 9.59 Å². The van der Waals surface area contributed by atoms with Gasteiger partial charge in [-0.15, -0.1) is 12.4 Å². The average Bonchev–Trinajstić information content (AvgIpc) is 3.02. The standard InChI is InChI=1S/C35H33NO5.ClH/c37-31-23-33(27-16-6-2-7-17-27)41-34-30(31)20-12-21-32(34)39-25-29(40-35(38)28-18-8-3-9-19-28)24-36-22-11-10-15-26-13-4-1-5-14-26;/h1-9,12-14,16-21,23,29,36H,10-11,15,22,24-25H2;1H. The first-order chi connectivity index (χ1) is 20.2. The Hall–Kier alpha value is -4.39. The normalized spacial score (nSPS) is 11.4. The zero-order chi connectivity index (χ0) is 28.3. The summed E-state index contributed by atoms with van der Waals surface area (Å²) in [7, 11) is 0. The Kier molecular flexibility index (Phi) is 11.3. The van der Waals surface area contributed by atoms with Gasteiger partial charge in [0.25, 0.3) is 0 Å². The second kappa shape index (κ2) is 15.6. The van der Waals surface area contributed by atoms with E-state index in [0.29, 0.717) is 34.6 Å². The van der Waals surface area contributed by atoms with Crippen LogP contribution in [0.5, 0.6) is 5.75 Å². The predicted molar refractivity (Wildman–Crippen MR) is 169 cm³/mol. The van der Waals surface area contributed by atoms with E-state index in [-0.39, 0.29) is 24.4 Å². The number of unbranched alkanes of at least 4 members (excludes halogenated alkanes) is 1. The minimum Gasteiger partial charge on any atom is -0.486 e. The Morgan fingerprint density at radius 1 is 0.810 bits per heavy atom. The lowest BCUT2D eigenvalue weighted by Crippen LogP contribution is -2.36. The van der Waals surface area contributed by atoms with Gasteiger partial charge in [0, 0.05) is 18.2 Å². The molecule has 6 nitrogen and oxygen atoms in total. The molecule has 4 aromatic carbocycles. The van der Waals surface area contributed by atoms with Crippen molar-refractivity contribution in [2.45, 2.75) is 25.4 Å². The Morgan fingerprint density at radius 2 is 1.50 bits per heavy atom. The molecule has 0 amide bonds. The lowest BCUT2D eigenvalue weighted by atomic mass is 10.1. The lowest BCUT2D eigenvalue weighted by molar-refractivity contribution is 0.0178. The molecule has 1 heterocycles. The molecule has 7 heteroatoms. The number of esters is 1. The zero-order valence-electron chi connectivity index (χ0n) is 23.2. The van der Waals surface area contributed by atoms with Crippen molar-refractivity contribution < 1.29 is 18.7 Å². The highest BCUT2D eigenvalue weighted by atomic mass is 35.5. The third kappa shape index (κ3) is 8.32. The van der Waals surface area contributed by atoms with Crippen LogP contribution in [0.4, 0.5) is 0 Å². The van der Waals surface area contributed by atoms with Gasteiger partial charge in [0.05, 0.1) is 10.9 Å². The first-order valence-corrected chi connectivity index (χ1v) is 13.9. The van der Waals surface area contributed by atoms with E-state index in [1.54, 1.807) is 42.5 Å². The first-order valence-electron chi connectivity index (χ1n) is 13.9. The Labute approximate surface area is 251 Å². The number of carbonyl (C=O) groups is 1. The molecule has 0 spiro atoms. The van der Waals surface area contributed by atoms with Crippen LogP contribution in [-0.4, -0.2) is 31.8 Å². The molecule has 0 bridgehead atoms. The van der Waals surface area contributed by atoms with E-state index in [2.05, 4.69) is 29.6 Å². The number of ether oxygens (including phenoxy) is 2. The predicted octanol–water partition coefficient (Wildman–Crippen LogP) is 7.10. The number of para-hydroxylation sites is 1. The minimum atomic E-state index is -0.559. The van der Waals surface area contributed by atoms with Crippen LogP contribution in [0.2, 0.25) is 0 Å². The summed E-state index contributed by atoms with van der Waals surface area (Å²) in [5.41, 5.74) is 2.81. The van der Waals surface area contributed by atoms with Gasteiger partial charge >= 0.3 is 5.97 Å². The summed E-state index contributed by atoms with van der Waals surface area (Å²) in [6.45, 7) is 1.30. The number of halogens is 1. The van der Waals surface area contributed by atoms with E-state index in [0.717, 1.165) is 31.4 Å². The number of carbonyl (C=O) groups excluding carboxylic acids is 1. The van der Waals surface area contributed by atoms with E-state index in [1.807, 2.05) is 42.5 Å². The van der Waals surface area contributed by atoms with Crippen molar-refractivity contribution in [3.8, 4) is 17.1 Å². The summed E-state index contributed by atoms with van der Waals surface area (Å²) in [6, 6.07) is 35.5. The van der Waals surface area contributed by atoms with Gasteiger partial charge in [0.1, 0.15) is 18.5 Å². The summed E-state index contributed by atoms with van der Waals surface area (Å²) in [5, 5.41) is 3.84. The van der Waals surface area contributed by atoms with Gasteiger partial charge in [-0.05, 0) is 55.6 Å². The van der Waals surface area contributed by atoms with Crippen LogP contribution in [0, 0.1) is 0 Å². The van der Waals surface area contributed by atoms with Crippen LogP contribution in [0.1, 0.15) is 28.8 Å². The van der Waals surface area contributed by atoms with Gasteiger partial charge < -0.3 is 19.2 Å². The van der Waals surface area contributed by atoms with Gasteiger partial charge in [-0.2, -0.15) is 0 Å². The molecule has 0 fully saturated rings. The van der Waals surface area contributed by atoms with Crippen molar-refractivity contribution in [1.82, 2.24) is 5.32 Å². The molecule has 1 unspecified atom stereocenters. The second-order valence-corrected chi connectivity index (χ2v) is 9.82. The molecule has 1 aromatic heterocycles. The number of benzene rings is 4. The molecule has 5 aromatic rings. The molecule has 0 aliphatic heterocycles.